The zero-order valence-corrected chi connectivity index (χ0v) is 18.9. The molecule has 2 aromatic carbocycles. The summed E-state index contributed by atoms with van der Waals surface area (Å²) in [5.74, 6) is 4.34. The van der Waals surface area contributed by atoms with E-state index in [1.165, 1.54) is 49.8 Å². The van der Waals surface area contributed by atoms with E-state index in [9.17, 15) is 0 Å². The molecule has 0 N–H and O–H groups in total. The average Bonchev–Trinajstić information content (AvgIpc) is 3.15. The van der Waals surface area contributed by atoms with Gasteiger partial charge in [0.1, 0.15) is 11.5 Å². The van der Waals surface area contributed by atoms with Crippen molar-refractivity contribution in [3.63, 3.8) is 0 Å². The maximum absolute atomic E-state index is 5.49. The number of ether oxygens (including phenoxy) is 2. The minimum atomic E-state index is 0.403. The second-order valence-corrected chi connectivity index (χ2v) is 9.93. The average molecular weight is 406 g/mol. The first-order valence-electron chi connectivity index (χ1n) is 11.6. The van der Waals surface area contributed by atoms with Crippen LogP contribution in [0.2, 0.25) is 0 Å². The van der Waals surface area contributed by atoms with E-state index >= 15 is 0 Å². The molecule has 160 valence electrons. The van der Waals surface area contributed by atoms with E-state index in [1.54, 1.807) is 19.8 Å². The summed E-state index contributed by atoms with van der Waals surface area (Å²) in [7, 11) is 5.81. The van der Waals surface area contributed by atoms with Gasteiger partial charge in [-0.2, -0.15) is 0 Å². The SMILES string of the molecule is COc1ccc(N(C)[C@@H]2CC[C@H]3[C@@H]4CCc5cc(OC)ccc5[C@H]4CC[C@@]32C)cc1. The van der Waals surface area contributed by atoms with Crippen LogP contribution in [0.25, 0.3) is 0 Å². The molecule has 2 aromatic rings. The van der Waals surface area contributed by atoms with Crippen LogP contribution < -0.4 is 14.4 Å². The van der Waals surface area contributed by atoms with Crippen LogP contribution in [-0.2, 0) is 6.42 Å². The van der Waals surface area contributed by atoms with Gasteiger partial charge >= 0.3 is 0 Å². The van der Waals surface area contributed by atoms with Crippen LogP contribution in [0.3, 0.4) is 0 Å². The molecular formula is C27H35NO2. The van der Waals surface area contributed by atoms with Gasteiger partial charge in [-0.3, -0.25) is 0 Å². The Hall–Kier alpha value is -2.16. The summed E-state index contributed by atoms with van der Waals surface area (Å²) in [6, 6.07) is 16.0. The van der Waals surface area contributed by atoms with Crippen LogP contribution in [0.15, 0.2) is 42.5 Å². The standard InChI is InChI=1S/C27H35NO2/c1-27-16-15-23-22-12-10-21(30-4)17-18(22)5-11-24(23)25(27)13-14-26(27)28(2)19-6-8-20(29-3)9-7-19/h6-10,12,17,23-26H,5,11,13-16H2,1-4H3/t23-,24-,25+,26-,27+/m1/s1. The molecule has 3 aliphatic rings. The van der Waals surface area contributed by atoms with E-state index in [2.05, 4.69) is 61.3 Å². The Kier molecular flexibility index (Phi) is 4.95. The normalized spacial score (nSPS) is 32.0. The molecule has 2 saturated carbocycles. The third-order valence-corrected chi connectivity index (χ3v) is 8.83. The van der Waals surface area contributed by atoms with Crippen LogP contribution >= 0.6 is 0 Å². The van der Waals surface area contributed by atoms with Crippen LogP contribution in [0, 0.1) is 17.3 Å². The quantitative estimate of drug-likeness (QED) is 0.617. The van der Waals surface area contributed by atoms with Crippen molar-refractivity contribution < 1.29 is 9.47 Å². The van der Waals surface area contributed by atoms with Gasteiger partial charge in [0.2, 0.25) is 0 Å². The number of fused-ring (bicyclic) bond motifs is 5. The highest BCUT2D eigenvalue weighted by molar-refractivity contribution is 5.50. The molecule has 0 spiro atoms. The third kappa shape index (κ3) is 3.01. The fourth-order valence-corrected chi connectivity index (χ4v) is 7.29. The topological polar surface area (TPSA) is 21.7 Å². The molecule has 0 saturated heterocycles. The van der Waals surface area contributed by atoms with Crippen molar-refractivity contribution in [1.29, 1.82) is 0 Å². The lowest BCUT2D eigenvalue weighted by Crippen LogP contribution is -2.49. The summed E-state index contributed by atoms with van der Waals surface area (Å²) in [5.41, 5.74) is 4.86. The lowest BCUT2D eigenvalue weighted by atomic mass is 9.55. The zero-order chi connectivity index (χ0) is 20.9. The van der Waals surface area contributed by atoms with Gasteiger partial charge in [-0.1, -0.05) is 13.0 Å². The molecule has 0 radical (unpaired) electrons. The number of aryl methyl sites for hydroxylation is 1. The molecule has 2 fully saturated rings. The minimum Gasteiger partial charge on any atom is -0.497 e. The number of methoxy groups -OCH3 is 2. The first kappa shape index (κ1) is 19.8. The van der Waals surface area contributed by atoms with E-state index in [0.29, 0.717) is 11.5 Å². The first-order valence-corrected chi connectivity index (χ1v) is 11.6. The van der Waals surface area contributed by atoms with Gasteiger partial charge in [-0.25, -0.2) is 0 Å². The third-order valence-electron chi connectivity index (χ3n) is 8.83. The molecule has 0 bridgehead atoms. The van der Waals surface area contributed by atoms with Gasteiger partial charge in [-0.05, 0) is 109 Å². The summed E-state index contributed by atoms with van der Waals surface area (Å²) in [4.78, 5) is 2.56. The first-order chi connectivity index (χ1) is 14.5. The molecule has 0 aromatic heterocycles. The van der Waals surface area contributed by atoms with E-state index in [0.717, 1.165) is 29.3 Å². The van der Waals surface area contributed by atoms with E-state index in [1.807, 2.05) is 0 Å². The Labute approximate surface area is 181 Å². The van der Waals surface area contributed by atoms with Crippen LogP contribution in [0.5, 0.6) is 11.5 Å². The van der Waals surface area contributed by atoms with Crippen molar-refractivity contribution in [2.24, 2.45) is 17.3 Å². The number of rotatable bonds is 4. The van der Waals surface area contributed by atoms with Crippen molar-refractivity contribution in [2.75, 3.05) is 26.2 Å². The molecule has 30 heavy (non-hydrogen) atoms. The molecule has 5 atom stereocenters. The number of hydrogen-bond acceptors (Lipinski definition) is 3. The predicted molar refractivity (Wildman–Crippen MR) is 123 cm³/mol. The highest BCUT2D eigenvalue weighted by Crippen LogP contribution is 2.62. The summed E-state index contributed by atoms with van der Waals surface area (Å²) in [6.07, 6.45) is 7.87. The lowest BCUT2D eigenvalue weighted by Gasteiger charge is -2.52. The Bertz CT molecular complexity index is 908. The van der Waals surface area contributed by atoms with Gasteiger partial charge in [0.05, 0.1) is 14.2 Å². The largest absolute Gasteiger partial charge is 0.497 e. The fourth-order valence-electron chi connectivity index (χ4n) is 7.29. The molecule has 0 aliphatic heterocycles. The van der Waals surface area contributed by atoms with Crippen LogP contribution in [-0.4, -0.2) is 27.3 Å². The molecule has 3 heteroatoms. The zero-order valence-electron chi connectivity index (χ0n) is 18.9. The molecule has 0 unspecified atom stereocenters. The van der Waals surface area contributed by atoms with Gasteiger partial charge in [-0.15, -0.1) is 0 Å². The smallest absolute Gasteiger partial charge is 0.119 e. The molecule has 5 rings (SSSR count). The molecular weight excluding hydrogens is 370 g/mol. The molecule has 3 aliphatic carbocycles. The van der Waals surface area contributed by atoms with Gasteiger partial charge in [0, 0.05) is 18.8 Å². The Balaban J connectivity index is 1.39. The second kappa shape index (κ2) is 7.51. The highest BCUT2D eigenvalue weighted by Gasteiger charge is 2.55. The van der Waals surface area contributed by atoms with Gasteiger partial charge in [0.25, 0.3) is 0 Å². The number of anilines is 1. The number of nitrogens with zero attached hydrogens (tertiary/aromatic N) is 1. The summed E-state index contributed by atoms with van der Waals surface area (Å²) < 4.78 is 10.8. The molecule has 3 nitrogen and oxygen atoms in total. The summed E-state index contributed by atoms with van der Waals surface area (Å²) in [6.45, 7) is 2.59. The molecule has 0 heterocycles. The van der Waals surface area contributed by atoms with Crippen molar-refractivity contribution >= 4 is 5.69 Å². The lowest BCUT2D eigenvalue weighted by molar-refractivity contribution is 0.0486. The monoisotopic (exact) mass is 405 g/mol. The maximum Gasteiger partial charge on any atom is 0.119 e. The Morgan fingerprint density at radius 2 is 1.63 bits per heavy atom. The van der Waals surface area contributed by atoms with Crippen molar-refractivity contribution in [3.05, 3.63) is 53.6 Å². The van der Waals surface area contributed by atoms with Gasteiger partial charge < -0.3 is 14.4 Å². The Morgan fingerprint density at radius 3 is 2.37 bits per heavy atom. The maximum atomic E-state index is 5.49. The van der Waals surface area contributed by atoms with E-state index in [4.69, 9.17) is 9.47 Å². The predicted octanol–water partition coefficient (Wildman–Crippen LogP) is 6.06. The molecule has 0 amide bonds. The highest BCUT2D eigenvalue weighted by atomic mass is 16.5. The minimum absolute atomic E-state index is 0.403. The van der Waals surface area contributed by atoms with Gasteiger partial charge in [0.15, 0.2) is 0 Å². The summed E-state index contributed by atoms with van der Waals surface area (Å²) >= 11 is 0. The summed E-state index contributed by atoms with van der Waals surface area (Å²) in [5, 5.41) is 0. The van der Waals surface area contributed by atoms with Crippen molar-refractivity contribution in [3.8, 4) is 11.5 Å². The van der Waals surface area contributed by atoms with E-state index < -0.39 is 0 Å². The van der Waals surface area contributed by atoms with Crippen molar-refractivity contribution in [2.45, 2.75) is 57.4 Å². The number of hydrogen-bond donors (Lipinski definition) is 0. The van der Waals surface area contributed by atoms with Crippen LogP contribution in [0.1, 0.15) is 56.1 Å². The van der Waals surface area contributed by atoms with E-state index in [-0.39, 0.29) is 0 Å². The number of benzene rings is 2. The fraction of sp³-hybridized carbons (Fsp3) is 0.556. The Morgan fingerprint density at radius 1 is 0.900 bits per heavy atom. The van der Waals surface area contributed by atoms with Crippen LogP contribution in [0.4, 0.5) is 5.69 Å². The van der Waals surface area contributed by atoms with Crippen molar-refractivity contribution in [1.82, 2.24) is 0 Å². The second-order valence-electron chi connectivity index (χ2n) is 9.93.